The van der Waals surface area contributed by atoms with Gasteiger partial charge in [0.25, 0.3) is 6.47 Å². The van der Waals surface area contributed by atoms with Gasteiger partial charge in [-0.3, -0.25) is 19.6 Å². The Balaban J connectivity index is 0.000000566. The summed E-state index contributed by atoms with van der Waals surface area (Å²) < 4.78 is 0. The van der Waals surface area contributed by atoms with Gasteiger partial charge in [-0.15, -0.1) is 0 Å². The first-order valence-corrected chi connectivity index (χ1v) is 9.90. The molecule has 4 aromatic rings. The average Bonchev–Trinajstić information content (AvgIpc) is 2.80. The minimum Gasteiger partial charge on any atom is -0.483 e. The van der Waals surface area contributed by atoms with Gasteiger partial charge < -0.3 is 34.2 Å². The highest BCUT2D eigenvalue weighted by Gasteiger charge is 2.10. The Hall–Kier alpha value is -4.99. The Kier molecular flexibility index (Phi) is 13.1. The minimum atomic E-state index is -0.250. The normalized spacial score (nSPS) is 9.30. The molecule has 0 unspecified atom stereocenters. The number of fused-ring (bicyclic) bond motifs is 2. The predicted octanol–water partition coefficient (Wildman–Crippen LogP) is 1.80. The highest BCUT2D eigenvalue weighted by molar-refractivity contribution is 5.98. The van der Waals surface area contributed by atoms with Crippen molar-refractivity contribution in [3.63, 3.8) is 0 Å². The molecule has 0 saturated heterocycles. The fraction of sp³-hybridized carbons (Fsp3) is 0.136. The summed E-state index contributed by atoms with van der Waals surface area (Å²) in [6.07, 6.45) is 1.56. The summed E-state index contributed by atoms with van der Waals surface area (Å²) in [7, 11) is 1.18. The minimum absolute atomic E-state index is 0. The van der Waals surface area contributed by atoms with E-state index in [1.54, 1.807) is 24.3 Å². The van der Waals surface area contributed by atoms with Crippen LogP contribution in [0.25, 0.3) is 21.8 Å². The maximum Gasteiger partial charge on any atom is 0.290 e. The van der Waals surface area contributed by atoms with E-state index in [0.717, 1.165) is 23.7 Å². The zero-order valence-corrected chi connectivity index (χ0v) is 20.4. The van der Waals surface area contributed by atoms with Crippen molar-refractivity contribution in [3.05, 3.63) is 46.5 Å². The molecule has 15 heteroatoms. The van der Waals surface area contributed by atoms with Crippen molar-refractivity contribution in [1.82, 2.24) is 26.1 Å². The van der Waals surface area contributed by atoms with Gasteiger partial charge >= 0.3 is 0 Å². The van der Waals surface area contributed by atoms with E-state index in [0.29, 0.717) is 44.6 Å². The number of nitrogens with zero attached hydrogens (tertiary/aromatic N) is 4. The molecule has 2 aromatic heterocycles. The number of rotatable bonds is 2. The molecule has 0 aliphatic carbocycles. The second-order valence-corrected chi connectivity index (χ2v) is 6.81. The first-order valence-electron chi connectivity index (χ1n) is 9.90. The van der Waals surface area contributed by atoms with Crippen molar-refractivity contribution in [3.8, 4) is 0 Å². The Morgan fingerprint density at radius 1 is 0.730 bits per heavy atom. The molecule has 0 bridgehead atoms. The summed E-state index contributed by atoms with van der Waals surface area (Å²) >= 11 is 0. The number of carboxylic acid groups (broad SMARTS) is 1. The molecule has 0 radical (unpaired) electrons. The summed E-state index contributed by atoms with van der Waals surface area (Å²) in [6, 6.07) is 6.80. The average molecular weight is 516 g/mol. The third-order valence-corrected chi connectivity index (χ3v) is 4.68. The Labute approximate surface area is 211 Å². The maximum atomic E-state index is 10.7. The van der Waals surface area contributed by atoms with Crippen molar-refractivity contribution in [2.45, 2.75) is 13.8 Å². The van der Waals surface area contributed by atoms with E-state index >= 15 is 0 Å². The number of aryl methyl sites for hydroxylation is 2. The summed E-state index contributed by atoms with van der Waals surface area (Å²) in [5.41, 5.74) is 26.5. The lowest BCUT2D eigenvalue weighted by Crippen LogP contribution is -2.02. The molecule has 0 saturated carbocycles. The van der Waals surface area contributed by atoms with Gasteiger partial charge in [-0.05, 0) is 49.2 Å². The van der Waals surface area contributed by atoms with Crippen LogP contribution >= 0.6 is 0 Å². The van der Waals surface area contributed by atoms with E-state index in [4.69, 9.17) is 38.1 Å². The quantitative estimate of drug-likeness (QED) is 0.114. The second kappa shape index (κ2) is 15.1. The standard InChI is InChI=1S/2C10H10N4O.CH4O2.CH2O2.H3N/c2*1-5-6(4-15)2-3-7-8(5)9(11)14-10(12)13-7;1-3-2;2-1-3;/h2*2-4H,1H3,(H4,11,12,13,14);2H,1H3;1H,(H,2,3);1H3. The van der Waals surface area contributed by atoms with Crippen LogP contribution in [0.2, 0.25) is 0 Å². The molecule has 0 spiro atoms. The topological polar surface area (TPSA) is 292 Å². The van der Waals surface area contributed by atoms with Gasteiger partial charge in [0.1, 0.15) is 24.2 Å². The van der Waals surface area contributed by atoms with Crippen LogP contribution in [0, 0.1) is 13.8 Å². The number of benzene rings is 2. The number of hydrogen-bond acceptors (Lipinski definition) is 14. The van der Waals surface area contributed by atoms with Crippen LogP contribution in [-0.4, -0.2) is 56.5 Å². The number of aldehydes is 2. The molecule has 0 fully saturated rings. The molecule has 2 aromatic carbocycles. The number of carbonyl (C=O) groups is 3. The van der Waals surface area contributed by atoms with Crippen LogP contribution < -0.4 is 29.1 Å². The van der Waals surface area contributed by atoms with Crippen LogP contribution in [0.1, 0.15) is 31.8 Å². The number of nitrogen functional groups attached to an aromatic ring is 4. The summed E-state index contributed by atoms with van der Waals surface area (Å²) in [4.78, 5) is 48.9. The van der Waals surface area contributed by atoms with Gasteiger partial charge in [0.15, 0.2) is 0 Å². The molecule has 2 heterocycles. The fourth-order valence-corrected chi connectivity index (χ4v) is 3.17. The van der Waals surface area contributed by atoms with Gasteiger partial charge in [0.05, 0.1) is 18.1 Å². The molecule has 0 aliphatic heterocycles. The Morgan fingerprint density at radius 2 is 1.03 bits per heavy atom. The smallest absolute Gasteiger partial charge is 0.290 e. The van der Waals surface area contributed by atoms with Crippen LogP contribution in [-0.2, 0) is 9.68 Å². The molecular weight excluding hydrogens is 486 g/mol. The summed E-state index contributed by atoms with van der Waals surface area (Å²) in [5.74, 6) is 0.883. The van der Waals surface area contributed by atoms with Crippen LogP contribution in [0.3, 0.4) is 0 Å². The first kappa shape index (κ1) is 32.0. The monoisotopic (exact) mass is 515 g/mol. The zero-order valence-electron chi connectivity index (χ0n) is 20.4. The van der Waals surface area contributed by atoms with Gasteiger partial charge in [-0.1, -0.05) is 0 Å². The van der Waals surface area contributed by atoms with Gasteiger partial charge in [-0.25, -0.2) is 14.9 Å². The molecule has 198 valence electrons. The largest absolute Gasteiger partial charge is 0.483 e. The van der Waals surface area contributed by atoms with Crippen LogP contribution in [0.4, 0.5) is 23.5 Å². The molecule has 0 amide bonds. The molecule has 37 heavy (non-hydrogen) atoms. The van der Waals surface area contributed by atoms with E-state index in [1.807, 2.05) is 13.8 Å². The third kappa shape index (κ3) is 8.03. The molecular formula is C22H29N9O6. The number of aromatic nitrogens is 4. The number of carbonyl (C=O) groups excluding carboxylic acids is 2. The van der Waals surface area contributed by atoms with Gasteiger partial charge in [0.2, 0.25) is 11.9 Å². The van der Waals surface area contributed by atoms with E-state index in [-0.39, 0.29) is 24.5 Å². The highest BCUT2D eigenvalue weighted by Crippen LogP contribution is 2.25. The predicted molar refractivity (Wildman–Crippen MR) is 140 cm³/mol. The molecule has 13 N–H and O–H groups in total. The van der Waals surface area contributed by atoms with Gasteiger partial charge in [0, 0.05) is 21.9 Å². The van der Waals surface area contributed by atoms with Crippen molar-refractivity contribution >= 4 is 64.4 Å². The van der Waals surface area contributed by atoms with E-state index in [9.17, 15) is 9.59 Å². The summed E-state index contributed by atoms with van der Waals surface area (Å²) in [5, 5.41) is 15.3. The SMILES string of the molecule is COO.Cc1c(C=O)ccc2nc(N)nc(N)c12.Cc1c(C=O)ccc2nc(N)nc(N)c12.N.O=CO. The lowest BCUT2D eigenvalue weighted by molar-refractivity contribution is -0.214. The third-order valence-electron chi connectivity index (χ3n) is 4.68. The molecule has 4 rings (SSSR count). The van der Waals surface area contributed by atoms with Crippen molar-refractivity contribution in [1.29, 1.82) is 0 Å². The lowest BCUT2D eigenvalue weighted by atomic mass is 10.0. The maximum absolute atomic E-state index is 10.7. The first-order chi connectivity index (χ1) is 17.1. The molecule has 15 nitrogen and oxygen atoms in total. The Morgan fingerprint density at radius 3 is 1.30 bits per heavy atom. The van der Waals surface area contributed by atoms with Crippen molar-refractivity contribution in [2.75, 3.05) is 30.0 Å². The number of hydrogen-bond donors (Lipinski definition) is 7. The Bertz CT molecular complexity index is 1280. The number of anilines is 4. The van der Waals surface area contributed by atoms with Crippen molar-refractivity contribution < 1.29 is 29.6 Å². The summed E-state index contributed by atoms with van der Waals surface area (Å²) in [6.45, 7) is 3.37. The lowest BCUT2D eigenvalue weighted by Gasteiger charge is -2.06. The van der Waals surface area contributed by atoms with Crippen LogP contribution in [0.15, 0.2) is 24.3 Å². The van der Waals surface area contributed by atoms with E-state index in [1.165, 1.54) is 7.11 Å². The zero-order chi connectivity index (χ0) is 27.4. The van der Waals surface area contributed by atoms with Crippen LogP contribution in [0.5, 0.6) is 0 Å². The molecule has 0 aliphatic rings. The van der Waals surface area contributed by atoms with E-state index < -0.39 is 0 Å². The second-order valence-electron chi connectivity index (χ2n) is 6.81. The fourth-order valence-electron chi connectivity index (χ4n) is 3.17. The molecule has 0 atom stereocenters. The highest BCUT2D eigenvalue weighted by atomic mass is 17.1. The van der Waals surface area contributed by atoms with Gasteiger partial charge in [-0.2, -0.15) is 9.97 Å². The van der Waals surface area contributed by atoms with Crippen molar-refractivity contribution in [2.24, 2.45) is 0 Å². The number of nitrogens with two attached hydrogens (primary N) is 4. The van der Waals surface area contributed by atoms with E-state index in [2.05, 4.69) is 24.8 Å².